The SMILES string of the molecule is COCCOCCC(C)C(=O)Oc1ccc(COC(=O)On2c(O)ccc2O)cc1. The maximum Gasteiger partial charge on any atom is 0.534 e. The summed E-state index contributed by atoms with van der Waals surface area (Å²) in [5, 5.41) is 18.8. The number of benzene rings is 1. The Kier molecular flexibility index (Phi) is 8.98. The predicted molar refractivity (Wildman–Crippen MR) is 103 cm³/mol. The molecule has 0 spiro atoms. The van der Waals surface area contributed by atoms with Crippen molar-refractivity contribution in [3.63, 3.8) is 0 Å². The summed E-state index contributed by atoms with van der Waals surface area (Å²) in [6.45, 7) is 3.05. The second-order valence-electron chi connectivity index (χ2n) is 6.33. The van der Waals surface area contributed by atoms with Crippen molar-refractivity contribution in [1.29, 1.82) is 0 Å². The van der Waals surface area contributed by atoms with Crippen LogP contribution in [0.2, 0.25) is 0 Å². The van der Waals surface area contributed by atoms with E-state index in [4.69, 9.17) is 18.9 Å². The maximum absolute atomic E-state index is 12.1. The molecule has 2 rings (SSSR count). The van der Waals surface area contributed by atoms with E-state index >= 15 is 0 Å². The first kappa shape index (κ1) is 23.0. The Morgan fingerprint density at radius 1 is 1.00 bits per heavy atom. The van der Waals surface area contributed by atoms with E-state index in [1.165, 1.54) is 0 Å². The first-order valence-electron chi connectivity index (χ1n) is 9.22. The minimum absolute atomic E-state index is 0.120. The molecule has 2 N–H and O–H groups in total. The van der Waals surface area contributed by atoms with E-state index in [9.17, 15) is 19.8 Å². The second-order valence-corrected chi connectivity index (χ2v) is 6.33. The summed E-state index contributed by atoms with van der Waals surface area (Å²) in [4.78, 5) is 28.4. The topological polar surface area (TPSA) is 126 Å². The average molecular weight is 423 g/mol. The summed E-state index contributed by atoms with van der Waals surface area (Å²) >= 11 is 0. The van der Waals surface area contributed by atoms with Gasteiger partial charge in [0.15, 0.2) is 0 Å². The Hall–Kier alpha value is -3.24. The van der Waals surface area contributed by atoms with E-state index < -0.39 is 17.9 Å². The maximum atomic E-state index is 12.1. The average Bonchev–Trinajstić information content (AvgIpc) is 3.05. The molecule has 10 nitrogen and oxygen atoms in total. The van der Waals surface area contributed by atoms with Crippen LogP contribution in [0.15, 0.2) is 36.4 Å². The van der Waals surface area contributed by atoms with Crippen LogP contribution in [0, 0.1) is 5.92 Å². The van der Waals surface area contributed by atoms with E-state index in [1.54, 1.807) is 38.3 Å². The number of aromatic nitrogens is 1. The normalized spacial score (nSPS) is 11.7. The van der Waals surface area contributed by atoms with Crippen LogP contribution in [-0.4, -0.2) is 54.0 Å². The number of nitrogens with zero attached hydrogens (tertiary/aromatic N) is 1. The number of carbonyl (C=O) groups excluding carboxylic acids is 2. The summed E-state index contributed by atoms with van der Waals surface area (Å²) in [6.07, 6.45) is -0.586. The van der Waals surface area contributed by atoms with E-state index in [2.05, 4.69) is 4.84 Å². The molecule has 0 saturated carbocycles. The summed E-state index contributed by atoms with van der Waals surface area (Å²) in [5.41, 5.74) is 0.618. The number of esters is 1. The van der Waals surface area contributed by atoms with Crippen molar-refractivity contribution in [2.24, 2.45) is 5.92 Å². The number of aromatic hydroxyl groups is 2. The van der Waals surface area contributed by atoms with Crippen LogP contribution in [0.4, 0.5) is 4.79 Å². The first-order valence-corrected chi connectivity index (χ1v) is 9.22. The zero-order chi connectivity index (χ0) is 21.9. The summed E-state index contributed by atoms with van der Waals surface area (Å²) in [6, 6.07) is 8.70. The van der Waals surface area contributed by atoms with E-state index in [1.807, 2.05) is 0 Å². The van der Waals surface area contributed by atoms with Gasteiger partial charge in [0, 0.05) is 25.8 Å². The Morgan fingerprint density at radius 2 is 1.67 bits per heavy atom. The number of rotatable bonds is 11. The first-order chi connectivity index (χ1) is 14.4. The smallest absolute Gasteiger partial charge is 0.492 e. The lowest BCUT2D eigenvalue weighted by Gasteiger charge is -2.12. The van der Waals surface area contributed by atoms with E-state index in [-0.39, 0.29) is 18.5 Å². The van der Waals surface area contributed by atoms with Crippen molar-refractivity contribution in [2.45, 2.75) is 20.0 Å². The number of hydrogen-bond donors (Lipinski definition) is 2. The van der Waals surface area contributed by atoms with Crippen LogP contribution >= 0.6 is 0 Å². The fraction of sp³-hybridized carbons (Fsp3) is 0.400. The molecule has 0 amide bonds. The van der Waals surface area contributed by atoms with Crippen LogP contribution in [0.5, 0.6) is 17.5 Å². The number of methoxy groups -OCH3 is 1. The lowest BCUT2D eigenvalue weighted by Crippen LogP contribution is -2.20. The highest BCUT2D eigenvalue weighted by Gasteiger charge is 2.16. The minimum atomic E-state index is -1.12. The van der Waals surface area contributed by atoms with Crippen molar-refractivity contribution in [3.05, 3.63) is 42.0 Å². The zero-order valence-corrected chi connectivity index (χ0v) is 16.8. The van der Waals surface area contributed by atoms with Crippen LogP contribution < -0.4 is 9.57 Å². The molecule has 10 heteroatoms. The van der Waals surface area contributed by atoms with Crippen molar-refractivity contribution in [3.8, 4) is 17.5 Å². The van der Waals surface area contributed by atoms with Gasteiger partial charge in [-0.05, 0) is 24.1 Å². The molecular weight excluding hydrogens is 398 g/mol. The molecule has 164 valence electrons. The molecule has 0 aliphatic heterocycles. The van der Waals surface area contributed by atoms with Gasteiger partial charge in [0.2, 0.25) is 11.8 Å². The molecule has 0 radical (unpaired) electrons. The van der Waals surface area contributed by atoms with Crippen LogP contribution in [0.25, 0.3) is 0 Å². The Bertz CT molecular complexity index is 797. The van der Waals surface area contributed by atoms with Crippen molar-refractivity contribution in [2.75, 3.05) is 26.9 Å². The van der Waals surface area contributed by atoms with Gasteiger partial charge in [-0.25, -0.2) is 4.79 Å². The van der Waals surface area contributed by atoms with Crippen molar-refractivity contribution < 1.29 is 43.6 Å². The molecule has 0 fully saturated rings. The van der Waals surface area contributed by atoms with Gasteiger partial charge < -0.3 is 29.2 Å². The fourth-order valence-corrected chi connectivity index (χ4v) is 2.23. The molecule has 1 atom stereocenters. The van der Waals surface area contributed by atoms with Crippen molar-refractivity contribution in [1.82, 2.24) is 4.73 Å². The molecule has 1 aromatic carbocycles. The highest BCUT2D eigenvalue weighted by Crippen LogP contribution is 2.19. The van der Waals surface area contributed by atoms with Crippen molar-refractivity contribution >= 4 is 12.1 Å². The van der Waals surface area contributed by atoms with Gasteiger partial charge in [-0.1, -0.05) is 19.1 Å². The van der Waals surface area contributed by atoms with Crippen LogP contribution in [-0.2, 0) is 25.6 Å². The van der Waals surface area contributed by atoms with Gasteiger partial charge in [-0.2, -0.15) is 0 Å². The van der Waals surface area contributed by atoms with Gasteiger partial charge in [0.1, 0.15) is 12.4 Å². The number of ether oxygens (including phenoxy) is 4. The highest BCUT2D eigenvalue weighted by atomic mass is 16.8. The van der Waals surface area contributed by atoms with Crippen LogP contribution in [0.3, 0.4) is 0 Å². The zero-order valence-electron chi connectivity index (χ0n) is 16.8. The fourth-order valence-electron chi connectivity index (χ4n) is 2.23. The third-order valence-electron chi connectivity index (χ3n) is 3.99. The monoisotopic (exact) mass is 423 g/mol. The Balaban J connectivity index is 1.73. The lowest BCUT2D eigenvalue weighted by atomic mass is 10.1. The third kappa shape index (κ3) is 7.30. The minimum Gasteiger partial charge on any atom is -0.492 e. The molecule has 0 aliphatic rings. The third-order valence-corrected chi connectivity index (χ3v) is 3.99. The summed E-state index contributed by atoms with van der Waals surface area (Å²) in [5.74, 6) is -1.24. The van der Waals surface area contributed by atoms with Gasteiger partial charge in [0.25, 0.3) is 0 Å². The van der Waals surface area contributed by atoms with Gasteiger partial charge in [-0.3, -0.25) is 9.63 Å². The Labute approximate surface area is 173 Å². The second kappa shape index (κ2) is 11.7. The summed E-state index contributed by atoms with van der Waals surface area (Å²) in [7, 11) is 1.59. The Morgan fingerprint density at radius 3 is 2.30 bits per heavy atom. The number of hydrogen-bond acceptors (Lipinski definition) is 9. The van der Waals surface area contributed by atoms with Gasteiger partial charge >= 0.3 is 12.1 Å². The largest absolute Gasteiger partial charge is 0.534 e. The standard InChI is InChI=1S/C20H25NO9/c1-14(9-10-27-12-11-26-2)19(24)29-16-5-3-15(4-6-16)13-28-20(25)30-21-17(22)7-8-18(21)23/h3-8,14,22-23H,9-13H2,1-2H3. The predicted octanol–water partition coefficient (Wildman–Crippen LogP) is 2.26. The lowest BCUT2D eigenvalue weighted by molar-refractivity contribution is -0.139. The summed E-state index contributed by atoms with van der Waals surface area (Å²) < 4.78 is 21.0. The molecule has 0 bridgehead atoms. The molecule has 1 aromatic heterocycles. The number of carbonyl (C=O) groups is 2. The van der Waals surface area contributed by atoms with E-state index in [0.29, 0.717) is 42.3 Å². The quantitative estimate of drug-likeness (QED) is 0.318. The molecule has 0 saturated heterocycles. The molecule has 2 aromatic rings. The molecule has 30 heavy (non-hydrogen) atoms. The molecular formula is C20H25NO9. The van der Waals surface area contributed by atoms with Crippen LogP contribution in [0.1, 0.15) is 18.9 Å². The molecule has 1 heterocycles. The van der Waals surface area contributed by atoms with Gasteiger partial charge in [-0.15, -0.1) is 4.73 Å². The highest BCUT2D eigenvalue weighted by molar-refractivity contribution is 5.74. The molecule has 1 unspecified atom stereocenters. The van der Waals surface area contributed by atoms with E-state index in [0.717, 1.165) is 12.1 Å². The molecule has 0 aliphatic carbocycles. The van der Waals surface area contributed by atoms with Gasteiger partial charge in [0.05, 0.1) is 19.1 Å².